The minimum atomic E-state index is -0.857. The van der Waals surface area contributed by atoms with Crippen LogP contribution in [0, 0.1) is 0 Å². The van der Waals surface area contributed by atoms with Gasteiger partial charge in [0, 0.05) is 25.7 Å². The van der Waals surface area contributed by atoms with Crippen molar-refractivity contribution in [2.24, 2.45) is 0 Å². The highest BCUT2D eigenvalue weighted by molar-refractivity contribution is 7.99. The lowest BCUT2D eigenvalue weighted by Gasteiger charge is -2.25. The largest absolute Gasteiger partial charge is 0.388 e. The van der Waals surface area contributed by atoms with E-state index >= 15 is 0 Å². The van der Waals surface area contributed by atoms with Crippen molar-refractivity contribution in [1.29, 1.82) is 0 Å². The van der Waals surface area contributed by atoms with Gasteiger partial charge >= 0.3 is 0 Å². The molecule has 0 aromatic rings. The second kappa shape index (κ2) is 5.17. The molecule has 0 unspecified atom stereocenters. The lowest BCUT2D eigenvalue weighted by molar-refractivity contribution is -0.107. The Hall–Kier alpha value is 0.190. The number of aliphatic hydroxyl groups is 2. The van der Waals surface area contributed by atoms with Crippen molar-refractivity contribution >= 4 is 11.8 Å². The zero-order valence-corrected chi connectivity index (χ0v) is 8.66. The van der Waals surface area contributed by atoms with Gasteiger partial charge in [-0.2, -0.15) is 11.8 Å². The molecule has 5 heteroatoms. The zero-order chi connectivity index (χ0) is 9.84. The number of hydrogen-bond donors (Lipinski definition) is 2. The molecule has 0 aromatic heterocycles. The first-order valence-electron chi connectivity index (χ1n) is 4.20. The summed E-state index contributed by atoms with van der Waals surface area (Å²) in [6, 6.07) is 0. The first kappa shape index (κ1) is 11.3. The molecular formula is C8H16O4S. The molecule has 4 atom stereocenters. The Balaban J connectivity index is 2.61. The maximum atomic E-state index is 9.65. The third-order valence-corrected chi connectivity index (χ3v) is 3.41. The van der Waals surface area contributed by atoms with E-state index in [-0.39, 0.29) is 12.2 Å². The Morgan fingerprint density at radius 3 is 1.69 bits per heavy atom. The third-order valence-electron chi connectivity index (χ3n) is 2.28. The van der Waals surface area contributed by atoms with Gasteiger partial charge in [0.15, 0.2) is 0 Å². The highest BCUT2D eigenvalue weighted by Crippen LogP contribution is 2.21. The van der Waals surface area contributed by atoms with Gasteiger partial charge in [0.1, 0.15) is 12.2 Å². The fraction of sp³-hybridized carbons (Fsp3) is 1.00. The fourth-order valence-corrected chi connectivity index (χ4v) is 2.62. The summed E-state index contributed by atoms with van der Waals surface area (Å²) in [6.45, 7) is 0. The van der Waals surface area contributed by atoms with Crippen molar-refractivity contribution in [2.45, 2.75) is 24.4 Å². The predicted octanol–water partition coefficient (Wildman–Crippen LogP) is -0.515. The van der Waals surface area contributed by atoms with E-state index in [1.54, 1.807) is 11.8 Å². The summed E-state index contributed by atoms with van der Waals surface area (Å²) in [4.78, 5) is 0. The molecule has 0 amide bonds. The second-order valence-corrected chi connectivity index (χ2v) is 4.14. The van der Waals surface area contributed by atoms with Crippen LogP contribution in [0.3, 0.4) is 0 Å². The lowest BCUT2D eigenvalue weighted by atomic mass is 10.1. The number of thioether (sulfide) groups is 1. The van der Waals surface area contributed by atoms with E-state index in [0.717, 1.165) is 0 Å². The maximum absolute atomic E-state index is 9.65. The molecule has 1 heterocycles. The zero-order valence-electron chi connectivity index (χ0n) is 7.84. The number of hydrogen-bond acceptors (Lipinski definition) is 5. The van der Waals surface area contributed by atoms with E-state index < -0.39 is 12.2 Å². The normalized spacial score (nSPS) is 41.5. The molecular weight excluding hydrogens is 192 g/mol. The highest BCUT2D eigenvalue weighted by atomic mass is 32.2. The summed E-state index contributed by atoms with van der Waals surface area (Å²) in [6.07, 6.45) is -2.32. The van der Waals surface area contributed by atoms with Crippen molar-refractivity contribution in [3.8, 4) is 0 Å². The molecule has 13 heavy (non-hydrogen) atoms. The van der Waals surface area contributed by atoms with Gasteiger partial charge in [-0.25, -0.2) is 0 Å². The van der Waals surface area contributed by atoms with Crippen LogP contribution < -0.4 is 0 Å². The van der Waals surface area contributed by atoms with Gasteiger partial charge in [-0.15, -0.1) is 0 Å². The van der Waals surface area contributed by atoms with Crippen molar-refractivity contribution in [1.82, 2.24) is 0 Å². The molecule has 1 aliphatic rings. The van der Waals surface area contributed by atoms with Gasteiger partial charge in [-0.1, -0.05) is 0 Å². The average molecular weight is 208 g/mol. The van der Waals surface area contributed by atoms with Crippen molar-refractivity contribution < 1.29 is 19.7 Å². The Bertz CT molecular complexity index is 139. The monoisotopic (exact) mass is 208 g/mol. The van der Waals surface area contributed by atoms with E-state index in [1.165, 1.54) is 14.2 Å². The molecule has 0 spiro atoms. The van der Waals surface area contributed by atoms with Crippen LogP contribution in [0.5, 0.6) is 0 Å². The molecule has 0 aliphatic carbocycles. The summed E-state index contributed by atoms with van der Waals surface area (Å²) >= 11 is 1.62. The van der Waals surface area contributed by atoms with Crippen LogP contribution >= 0.6 is 11.8 Å². The van der Waals surface area contributed by atoms with Crippen LogP contribution in [-0.4, -0.2) is 60.4 Å². The quantitative estimate of drug-likeness (QED) is 0.640. The summed E-state index contributed by atoms with van der Waals surface area (Å²) in [5.74, 6) is 1.38. The molecule has 2 N–H and O–H groups in total. The highest BCUT2D eigenvalue weighted by Gasteiger charge is 2.35. The van der Waals surface area contributed by atoms with Gasteiger partial charge in [-0.3, -0.25) is 0 Å². The minimum Gasteiger partial charge on any atom is -0.388 e. The first-order chi connectivity index (χ1) is 6.20. The number of methoxy groups -OCH3 is 2. The predicted molar refractivity (Wildman–Crippen MR) is 50.9 cm³/mol. The molecule has 78 valence electrons. The molecule has 0 aromatic carbocycles. The Morgan fingerprint density at radius 2 is 1.38 bits per heavy atom. The van der Waals surface area contributed by atoms with Crippen LogP contribution in [0.25, 0.3) is 0 Å². The van der Waals surface area contributed by atoms with Crippen molar-refractivity contribution in [2.75, 3.05) is 25.7 Å². The van der Waals surface area contributed by atoms with Gasteiger partial charge in [-0.05, 0) is 0 Å². The van der Waals surface area contributed by atoms with Crippen LogP contribution in [-0.2, 0) is 9.47 Å². The molecule has 1 fully saturated rings. The molecule has 4 nitrogen and oxygen atoms in total. The van der Waals surface area contributed by atoms with Crippen LogP contribution in [0.2, 0.25) is 0 Å². The van der Waals surface area contributed by atoms with Crippen LogP contribution in [0.15, 0.2) is 0 Å². The van der Waals surface area contributed by atoms with Crippen molar-refractivity contribution in [3.05, 3.63) is 0 Å². The fourth-order valence-electron chi connectivity index (χ4n) is 1.35. The molecule has 0 bridgehead atoms. The van der Waals surface area contributed by atoms with Crippen molar-refractivity contribution in [3.63, 3.8) is 0 Å². The maximum Gasteiger partial charge on any atom is 0.109 e. The summed E-state index contributed by atoms with van der Waals surface area (Å²) in [7, 11) is 3.07. The average Bonchev–Trinajstić information content (AvgIpc) is 2.28. The van der Waals surface area contributed by atoms with Gasteiger partial charge < -0.3 is 19.7 Å². The van der Waals surface area contributed by atoms with Gasteiger partial charge in [0.05, 0.1) is 12.2 Å². The topological polar surface area (TPSA) is 58.9 Å². The standard InChI is InChI=1S/C8H16O4S/c1-11-5-3-13-4-6(12-2)8(10)7(5)9/h5-10H,3-4H2,1-2H3/t5-,6-,7-,8-/m1/s1. The second-order valence-electron chi connectivity index (χ2n) is 3.07. The number of aliphatic hydroxyl groups excluding tert-OH is 2. The smallest absolute Gasteiger partial charge is 0.109 e. The first-order valence-corrected chi connectivity index (χ1v) is 5.35. The molecule has 1 rings (SSSR count). The summed E-state index contributed by atoms with van der Waals surface area (Å²) in [5.41, 5.74) is 0. The number of ether oxygens (including phenoxy) is 2. The van der Waals surface area contributed by atoms with E-state index in [1.807, 2.05) is 0 Å². The lowest BCUT2D eigenvalue weighted by Crippen LogP contribution is -2.45. The molecule has 1 saturated heterocycles. The van der Waals surface area contributed by atoms with E-state index in [0.29, 0.717) is 11.5 Å². The summed E-state index contributed by atoms with van der Waals surface area (Å²) < 4.78 is 10.1. The van der Waals surface area contributed by atoms with E-state index in [4.69, 9.17) is 9.47 Å². The Morgan fingerprint density at radius 1 is 1.00 bits per heavy atom. The van der Waals surface area contributed by atoms with Crippen LogP contribution in [0.1, 0.15) is 0 Å². The van der Waals surface area contributed by atoms with Crippen LogP contribution in [0.4, 0.5) is 0 Å². The molecule has 0 radical (unpaired) electrons. The van der Waals surface area contributed by atoms with E-state index in [2.05, 4.69) is 0 Å². The van der Waals surface area contributed by atoms with Gasteiger partial charge in [0.2, 0.25) is 0 Å². The number of rotatable bonds is 2. The Labute approximate surface area is 82.2 Å². The molecule has 0 saturated carbocycles. The Kier molecular flexibility index (Phi) is 4.48. The van der Waals surface area contributed by atoms with E-state index in [9.17, 15) is 10.2 Å². The molecule has 1 aliphatic heterocycles. The summed E-state index contributed by atoms with van der Waals surface area (Å²) in [5, 5.41) is 19.3. The van der Waals surface area contributed by atoms with Gasteiger partial charge in [0.25, 0.3) is 0 Å². The SMILES string of the molecule is CO[C@@H]1CSC[C@@H](OC)[C@@H](O)[C@@H]1O. The minimum absolute atomic E-state index is 0.305. The third kappa shape index (κ3) is 2.57.